The van der Waals surface area contributed by atoms with Crippen LogP contribution in [-0.2, 0) is 15.8 Å². The summed E-state index contributed by atoms with van der Waals surface area (Å²) in [6, 6.07) is 3.97. The Labute approximate surface area is 121 Å². The van der Waals surface area contributed by atoms with Gasteiger partial charge in [0, 0.05) is 5.92 Å². The Kier molecular flexibility index (Phi) is 5.52. The van der Waals surface area contributed by atoms with Crippen molar-refractivity contribution in [2.75, 3.05) is 4.90 Å². The SMILES string of the molecule is CCC(C(=O)N(C=O)c1ccc(C(F)(F)F)cc1)C(C)C. The minimum absolute atomic E-state index is 0.0411. The van der Waals surface area contributed by atoms with Crippen molar-refractivity contribution in [3.63, 3.8) is 0 Å². The summed E-state index contributed by atoms with van der Waals surface area (Å²) in [7, 11) is 0. The Balaban J connectivity index is 3.05. The van der Waals surface area contributed by atoms with E-state index in [9.17, 15) is 22.8 Å². The lowest BCUT2D eigenvalue weighted by Crippen LogP contribution is -2.37. The average molecular weight is 301 g/mol. The van der Waals surface area contributed by atoms with Crippen molar-refractivity contribution in [3.8, 4) is 0 Å². The predicted molar refractivity (Wildman–Crippen MR) is 73.6 cm³/mol. The van der Waals surface area contributed by atoms with Crippen molar-refractivity contribution >= 4 is 18.0 Å². The van der Waals surface area contributed by atoms with Crippen molar-refractivity contribution in [3.05, 3.63) is 29.8 Å². The van der Waals surface area contributed by atoms with E-state index in [1.165, 1.54) is 0 Å². The fourth-order valence-electron chi connectivity index (χ4n) is 2.16. The monoisotopic (exact) mass is 301 g/mol. The molecule has 1 atom stereocenters. The molecule has 3 nitrogen and oxygen atoms in total. The van der Waals surface area contributed by atoms with Crippen LogP contribution in [0.4, 0.5) is 18.9 Å². The number of hydrogen-bond acceptors (Lipinski definition) is 2. The average Bonchev–Trinajstić information content (AvgIpc) is 2.39. The Morgan fingerprint density at radius 3 is 2.10 bits per heavy atom. The van der Waals surface area contributed by atoms with E-state index in [1.54, 1.807) is 0 Å². The second-order valence-corrected chi connectivity index (χ2v) is 5.12. The number of anilines is 1. The zero-order chi connectivity index (χ0) is 16.2. The van der Waals surface area contributed by atoms with E-state index in [0.717, 1.165) is 29.2 Å². The molecule has 116 valence electrons. The molecule has 0 saturated heterocycles. The topological polar surface area (TPSA) is 37.4 Å². The molecular formula is C15H18F3NO2. The molecule has 0 radical (unpaired) electrons. The van der Waals surface area contributed by atoms with Gasteiger partial charge in [-0.25, -0.2) is 0 Å². The van der Waals surface area contributed by atoms with Crippen molar-refractivity contribution in [2.45, 2.75) is 33.4 Å². The molecule has 2 amide bonds. The fraction of sp³-hybridized carbons (Fsp3) is 0.467. The van der Waals surface area contributed by atoms with Crippen molar-refractivity contribution < 1.29 is 22.8 Å². The van der Waals surface area contributed by atoms with Crippen molar-refractivity contribution in [2.24, 2.45) is 11.8 Å². The van der Waals surface area contributed by atoms with Gasteiger partial charge < -0.3 is 0 Å². The van der Waals surface area contributed by atoms with Gasteiger partial charge in [0.2, 0.25) is 12.3 Å². The molecule has 1 aromatic rings. The summed E-state index contributed by atoms with van der Waals surface area (Å²) in [5, 5.41) is 0. The van der Waals surface area contributed by atoms with Crippen LogP contribution >= 0.6 is 0 Å². The van der Waals surface area contributed by atoms with Crippen LogP contribution in [0.1, 0.15) is 32.8 Å². The highest BCUT2D eigenvalue weighted by atomic mass is 19.4. The van der Waals surface area contributed by atoms with E-state index < -0.39 is 17.6 Å². The smallest absolute Gasteiger partial charge is 0.278 e. The van der Waals surface area contributed by atoms with E-state index in [1.807, 2.05) is 20.8 Å². The number of hydrogen-bond donors (Lipinski definition) is 0. The summed E-state index contributed by atoms with van der Waals surface area (Å²) in [4.78, 5) is 24.3. The zero-order valence-corrected chi connectivity index (χ0v) is 12.1. The van der Waals surface area contributed by atoms with E-state index in [-0.39, 0.29) is 17.5 Å². The van der Waals surface area contributed by atoms with Crippen LogP contribution in [0.5, 0.6) is 0 Å². The van der Waals surface area contributed by atoms with Gasteiger partial charge in [0.1, 0.15) is 0 Å². The number of rotatable bonds is 5. The molecule has 0 N–H and O–H groups in total. The largest absolute Gasteiger partial charge is 0.416 e. The summed E-state index contributed by atoms with van der Waals surface area (Å²) in [6.45, 7) is 5.56. The maximum absolute atomic E-state index is 12.5. The van der Waals surface area contributed by atoms with Crippen LogP contribution in [0.3, 0.4) is 0 Å². The van der Waals surface area contributed by atoms with Gasteiger partial charge in [-0.05, 0) is 36.6 Å². The van der Waals surface area contributed by atoms with Gasteiger partial charge in [0.05, 0.1) is 11.3 Å². The van der Waals surface area contributed by atoms with Crippen molar-refractivity contribution in [1.29, 1.82) is 0 Å². The van der Waals surface area contributed by atoms with Crippen LogP contribution in [-0.4, -0.2) is 12.3 Å². The summed E-state index contributed by atoms with van der Waals surface area (Å²) in [5.74, 6) is -0.709. The number of benzene rings is 1. The van der Waals surface area contributed by atoms with Gasteiger partial charge in [0.25, 0.3) is 0 Å². The first kappa shape index (κ1) is 17.2. The number of halogens is 3. The van der Waals surface area contributed by atoms with Crippen LogP contribution in [0.2, 0.25) is 0 Å². The number of nitrogens with zero attached hydrogens (tertiary/aromatic N) is 1. The van der Waals surface area contributed by atoms with E-state index in [2.05, 4.69) is 0 Å². The number of carbonyl (C=O) groups is 2. The molecule has 0 heterocycles. The van der Waals surface area contributed by atoms with Crippen LogP contribution in [0, 0.1) is 11.8 Å². The van der Waals surface area contributed by atoms with Gasteiger partial charge in [-0.1, -0.05) is 20.8 Å². The summed E-state index contributed by atoms with van der Waals surface area (Å²) < 4.78 is 37.5. The highest BCUT2D eigenvalue weighted by Gasteiger charge is 2.31. The van der Waals surface area contributed by atoms with E-state index in [4.69, 9.17) is 0 Å². The standard InChI is InChI=1S/C15H18F3NO2/c1-4-13(10(2)3)14(21)19(9-20)12-7-5-11(6-8-12)15(16,17)18/h5-10,13H,4H2,1-3H3. The summed E-state index contributed by atoms with van der Waals surface area (Å²) in [5.41, 5.74) is -0.678. The number of alkyl halides is 3. The van der Waals surface area contributed by atoms with Crippen LogP contribution < -0.4 is 4.90 Å². The molecule has 0 aliphatic heterocycles. The summed E-state index contributed by atoms with van der Waals surface area (Å²) >= 11 is 0. The molecule has 1 unspecified atom stereocenters. The maximum atomic E-state index is 12.5. The molecule has 0 bridgehead atoms. The second kappa shape index (κ2) is 6.74. The first-order valence-electron chi connectivity index (χ1n) is 6.68. The molecule has 0 saturated carbocycles. The van der Waals surface area contributed by atoms with Gasteiger partial charge in [0.15, 0.2) is 0 Å². The maximum Gasteiger partial charge on any atom is 0.416 e. The Morgan fingerprint density at radius 2 is 1.76 bits per heavy atom. The quantitative estimate of drug-likeness (QED) is 0.774. The molecule has 0 fully saturated rings. The van der Waals surface area contributed by atoms with Gasteiger partial charge in [-0.15, -0.1) is 0 Å². The highest BCUT2D eigenvalue weighted by molar-refractivity contribution is 6.07. The Hall–Kier alpha value is -1.85. The lowest BCUT2D eigenvalue weighted by molar-refractivity contribution is -0.137. The lowest BCUT2D eigenvalue weighted by atomic mass is 9.92. The van der Waals surface area contributed by atoms with Crippen LogP contribution in [0.15, 0.2) is 24.3 Å². The van der Waals surface area contributed by atoms with Gasteiger partial charge in [-0.3, -0.25) is 14.5 Å². The van der Waals surface area contributed by atoms with E-state index >= 15 is 0 Å². The van der Waals surface area contributed by atoms with Crippen molar-refractivity contribution in [1.82, 2.24) is 0 Å². The highest BCUT2D eigenvalue weighted by Crippen LogP contribution is 2.31. The lowest BCUT2D eigenvalue weighted by Gasteiger charge is -2.24. The predicted octanol–water partition coefficient (Wildman–Crippen LogP) is 3.88. The third kappa shape index (κ3) is 4.06. The Bertz CT molecular complexity index is 495. The Morgan fingerprint density at radius 1 is 1.24 bits per heavy atom. The normalized spacial score (nSPS) is 13.1. The first-order chi connectivity index (χ1) is 9.72. The zero-order valence-electron chi connectivity index (χ0n) is 12.1. The number of amides is 2. The molecule has 0 spiro atoms. The fourth-order valence-corrected chi connectivity index (χ4v) is 2.16. The molecular weight excluding hydrogens is 283 g/mol. The minimum Gasteiger partial charge on any atom is -0.278 e. The molecule has 6 heteroatoms. The number of carbonyl (C=O) groups excluding carboxylic acids is 2. The molecule has 21 heavy (non-hydrogen) atoms. The molecule has 0 aromatic heterocycles. The third-order valence-electron chi connectivity index (χ3n) is 3.38. The van der Waals surface area contributed by atoms with E-state index in [0.29, 0.717) is 12.8 Å². The molecule has 0 aliphatic rings. The second-order valence-electron chi connectivity index (χ2n) is 5.12. The minimum atomic E-state index is -4.45. The van der Waals surface area contributed by atoms with Crippen LogP contribution in [0.25, 0.3) is 0 Å². The molecule has 0 aliphatic carbocycles. The first-order valence-corrected chi connectivity index (χ1v) is 6.68. The molecule has 1 rings (SSSR count). The third-order valence-corrected chi connectivity index (χ3v) is 3.38. The number of imide groups is 1. The molecule has 1 aromatic carbocycles. The van der Waals surface area contributed by atoms with Gasteiger partial charge >= 0.3 is 6.18 Å². The van der Waals surface area contributed by atoms with Gasteiger partial charge in [-0.2, -0.15) is 13.2 Å². The summed E-state index contributed by atoms with van der Waals surface area (Å²) in [6.07, 6.45) is -3.55.